The third kappa shape index (κ3) is 4.26. The highest BCUT2D eigenvalue weighted by Gasteiger charge is 2.27. The summed E-state index contributed by atoms with van der Waals surface area (Å²) in [6, 6.07) is 8.27. The van der Waals surface area contributed by atoms with Crippen LogP contribution in [0, 0.1) is 5.92 Å². The molecule has 2 aliphatic carbocycles. The quantitative estimate of drug-likeness (QED) is 0.749. The van der Waals surface area contributed by atoms with Crippen molar-refractivity contribution in [3.63, 3.8) is 0 Å². The van der Waals surface area contributed by atoms with Gasteiger partial charge in [-0.15, -0.1) is 0 Å². The fourth-order valence-corrected chi connectivity index (χ4v) is 6.30. The Morgan fingerprint density at radius 2 is 1.50 bits per heavy atom. The number of piperazine rings is 1. The van der Waals surface area contributed by atoms with Gasteiger partial charge in [-0.3, -0.25) is 9.80 Å². The summed E-state index contributed by atoms with van der Waals surface area (Å²) in [5.41, 5.74) is 4.69. The van der Waals surface area contributed by atoms with Crippen LogP contribution in [0.3, 0.4) is 0 Å². The molecule has 5 rings (SSSR count). The molecule has 0 unspecified atom stereocenters. The molecule has 0 amide bonds. The predicted molar refractivity (Wildman–Crippen MR) is 118 cm³/mol. The van der Waals surface area contributed by atoms with Crippen molar-refractivity contribution >= 4 is 5.69 Å². The van der Waals surface area contributed by atoms with Crippen LogP contribution in [0.2, 0.25) is 0 Å². The molecule has 0 spiro atoms. The van der Waals surface area contributed by atoms with E-state index in [0.29, 0.717) is 0 Å². The molecule has 2 heterocycles. The average molecular weight is 382 g/mol. The second-order valence-corrected chi connectivity index (χ2v) is 9.90. The minimum absolute atomic E-state index is 0.890. The highest BCUT2D eigenvalue weighted by molar-refractivity contribution is 5.52. The van der Waals surface area contributed by atoms with Gasteiger partial charge >= 0.3 is 0 Å². The molecular formula is C25H39N3. The van der Waals surface area contributed by atoms with Crippen molar-refractivity contribution < 1.29 is 0 Å². The zero-order chi connectivity index (χ0) is 18.8. The van der Waals surface area contributed by atoms with Crippen molar-refractivity contribution in [1.29, 1.82) is 0 Å². The van der Waals surface area contributed by atoms with Crippen LogP contribution >= 0.6 is 0 Å². The molecule has 0 radical (unpaired) electrons. The maximum Gasteiger partial charge on any atom is 0.0370 e. The van der Waals surface area contributed by atoms with E-state index in [9.17, 15) is 0 Å². The average Bonchev–Trinajstić information content (AvgIpc) is 3.29. The lowest BCUT2D eigenvalue weighted by Crippen LogP contribution is -2.49. The molecule has 154 valence electrons. The van der Waals surface area contributed by atoms with Crippen LogP contribution in [-0.4, -0.2) is 55.1 Å². The van der Waals surface area contributed by atoms with E-state index in [-0.39, 0.29) is 0 Å². The Balaban J connectivity index is 1.17. The first-order valence-electron chi connectivity index (χ1n) is 12.2. The summed E-state index contributed by atoms with van der Waals surface area (Å²) in [6.07, 6.45) is 14.4. The number of nitrogens with zero attached hydrogens (tertiary/aromatic N) is 3. The summed E-state index contributed by atoms with van der Waals surface area (Å²) in [4.78, 5) is 8.14. The largest absolute Gasteiger partial charge is 0.369 e. The number of hydrogen-bond acceptors (Lipinski definition) is 3. The number of rotatable bonds is 4. The molecule has 3 heteroatoms. The standard InChI is InChI=1S/C25H39N3/c1-2-6-21(7-3-1)19-26-13-12-22-18-25(11-10-23(22)20-26)28-16-14-27(15-17-28)24-8-4-5-9-24/h10-11,18,21,24H,1-9,12-17,19-20H2. The summed E-state index contributed by atoms with van der Waals surface area (Å²) < 4.78 is 0. The van der Waals surface area contributed by atoms with E-state index in [4.69, 9.17) is 0 Å². The molecule has 0 bridgehead atoms. The van der Waals surface area contributed by atoms with Crippen LogP contribution in [0.1, 0.15) is 68.9 Å². The lowest BCUT2D eigenvalue weighted by atomic mass is 9.88. The predicted octanol–water partition coefficient (Wildman–Crippen LogP) is 4.69. The first kappa shape index (κ1) is 18.9. The summed E-state index contributed by atoms with van der Waals surface area (Å²) in [5, 5.41) is 0. The lowest BCUT2D eigenvalue weighted by molar-refractivity contribution is 0.186. The Morgan fingerprint density at radius 1 is 0.750 bits per heavy atom. The second-order valence-electron chi connectivity index (χ2n) is 9.90. The van der Waals surface area contributed by atoms with E-state index in [0.717, 1.165) is 12.0 Å². The van der Waals surface area contributed by atoms with Crippen LogP contribution in [-0.2, 0) is 13.0 Å². The molecule has 3 fully saturated rings. The molecule has 2 aliphatic heterocycles. The van der Waals surface area contributed by atoms with Gasteiger partial charge in [0.15, 0.2) is 0 Å². The molecular weight excluding hydrogens is 342 g/mol. The molecule has 4 aliphatic rings. The molecule has 0 N–H and O–H groups in total. The van der Waals surface area contributed by atoms with Gasteiger partial charge in [0.25, 0.3) is 0 Å². The molecule has 1 saturated heterocycles. The van der Waals surface area contributed by atoms with Crippen LogP contribution < -0.4 is 4.90 Å². The van der Waals surface area contributed by atoms with Gasteiger partial charge in [-0.1, -0.05) is 38.2 Å². The van der Waals surface area contributed by atoms with Crippen molar-refractivity contribution in [3.8, 4) is 0 Å². The Hall–Kier alpha value is -1.06. The topological polar surface area (TPSA) is 9.72 Å². The third-order valence-electron chi connectivity index (χ3n) is 8.04. The normalized spacial score (nSPS) is 25.9. The summed E-state index contributed by atoms with van der Waals surface area (Å²) in [5.74, 6) is 0.964. The zero-order valence-corrected chi connectivity index (χ0v) is 17.7. The second kappa shape index (κ2) is 8.75. The Bertz CT molecular complexity index is 637. The van der Waals surface area contributed by atoms with Gasteiger partial charge in [0.1, 0.15) is 0 Å². The van der Waals surface area contributed by atoms with Crippen molar-refractivity contribution in [2.45, 2.75) is 76.8 Å². The summed E-state index contributed by atoms with van der Waals surface area (Å²) >= 11 is 0. The van der Waals surface area contributed by atoms with E-state index in [1.54, 1.807) is 11.1 Å². The van der Waals surface area contributed by atoms with Gasteiger partial charge in [0, 0.05) is 57.5 Å². The van der Waals surface area contributed by atoms with E-state index in [2.05, 4.69) is 32.9 Å². The Morgan fingerprint density at radius 3 is 2.29 bits per heavy atom. The van der Waals surface area contributed by atoms with Gasteiger partial charge < -0.3 is 4.90 Å². The van der Waals surface area contributed by atoms with Crippen LogP contribution in [0.25, 0.3) is 0 Å². The fraction of sp³-hybridized carbons (Fsp3) is 0.760. The first-order chi connectivity index (χ1) is 13.8. The minimum Gasteiger partial charge on any atom is -0.369 e. The first-order valence-corrected chi connectivity index (χ1v) is 12.2. The number of fused-ring (bicyclic) bond motifs is 1. The van der Waals surface area contributed by atoms with E-state index < -0.39 is 0 Å². The molecule has 2 saturated carbocycles. The van der Waals surface area contributed by atoms with Crippen LogP contribution in [0.5, 0.6) is 0 Å². The summed E-state index contributed by atoms with van der Waals surface area (Å²) in [6.45, 7) is 8.73. The number of anilines is 1. The molecule has 0 aromatic heterocycles. The highest BCUT2D eigenvalue weighted by atomic mass is 15.3. The van der Waals surface area contributed by atoms with Crippen molar-refractivity contribution in [3.05, 3.63) is 29.3 Å². The Labute approximate surface area is 172 Å². The van der Waals surface area contributed by atoms with Gasteiger partial charge in [-0.05, 0) is 61.3 Å². The molecule has 0 atom stereocenters. The van der Waals surface area contributed by atoms with Gasteiger partial charge in [0.05, 0.1) is 0 Å². The SMILES string of the molecule is c1cc2c(cc1N1CCN(C3CCCC3)CC1)CCN(CC1CCCCC1)C2. The van der Waals surface area contributed by atoms with Gasteiger partial charge in [-0.25, -0.2) is 0 Å². The van der Waals surface area contributed by atoms with Crippen molar-refractivity contribution in [2.24, 2.45) is 5.92 Å². The van der Waals surface area contributed by atoms with Crippen LogP contribution in [0.4, 0.5) is 5.69 Å². The van der Waals surface area contributed by atoms with Gasteiger partial charge in [0.2, 0.25) is 0 Å². The maximum atomic E-state index is 2.77. The monoisotopic (exact) mass is 381 g/mol. The zero-order valence-electron chi connectivity index (χ0n) is 17.7. The van der Waals surface area contributed by atoms with E-state index in [1.165, 1.54) is 116 Å². The molecule has 3 nitrogen and oxygen atoms in total. The number of hydrogen-bond donors (Lipinski definition) is 0. The minimum atomic E-state index is 0.890. The lowest BCUT2D eigenvalue weighted by Gasteiger charge is -2.39. The smallest absolute Gasteiger partial charge is 0.0370 e. The molecule has 1 aromatic carbocycles. The van der Waals surface area contributed by atoms with E-state index in [1.807, 2.05) is 0 Å². The Kier molecular flexibility index (Phi) is 5.92. The van der Waals surface area contributed by atoms with Crippen molar-refractivity contribution in [2.75, 3.05) is 44.2 Å². The third-order valence-corrected chi connectivity index (χ3v) is 8.04. The number of benzene rings is 1. The van der Waals surface area contributed by atoms with E-state index >= 15 is 0 Å². The molecule has 1 aromatic rings. The summed E-state index contributed by atoms with van der Waals surface area (Å²) in [7, 11) is 0. The van der Waals surface area contributed by atoms with Crippen molar-refractivity contribution in [1.82, 2.24) is 9.80 Å². The maximum absolute atomic E-state index is 2.77. The molecule has 28 heavy (non-hydrogen) atoms. The highest BCUT2D eigenvalue weighted by Crippen LogP contribution is 2.30. The van der Waals surface area contributed by atoms with Gasteiger partial charge in [-0.2, -0.15) is 0 Å². The fourth-order valence-electron chi connectivity index (χ4n) is 6.30. The van der Waals surface area contributed by atoms with Crippen LogP contribution in [0.15, 0.2) is 18.2 Å².